The molecule has 3 aromatic rings. The van der Waals surface area contributed by atoms with Crippen molar-refractivity contribution < 1.29 is 19.2 Å². The Labute approximate surface area is 166 Å². The molecule has 0 aliphatic rings. The Balaban J connectivity index is 1.90. The SMILES string of the molecule is Cc1ccc(NC(=O)C(OC(=O)c2cccnc2)c2ccccc2)c([N+](=O)[O-])c1. The highest BCUT2D eigenvalue weighted by Gasteiger charge is 2.27. The summed E-state index contributed by atoms with van der Waals surface area (Å²) in [7, 11) is 0. The number of carbonyl (C=O) groups is 2. The Morgan fingerprint density at radius 3 is 2.52 bits per heavy atom. The number of hydrogen-bond donors (Lipinski definition) is 1. The van der Waals surface area contributed by atoms with Gasteiger partial charge in [-0.1, -0.05) is 36.4 Å². The monoisotopic (exact) mass is 391 g/mol. The molecule has 1 amide bonds. The van der Waals surface area contributed by atoms with Crippen molar-refractivity contribution in [1.82, 2.24) is 4.98 Å². The second-order valence-electron chi connectivity index (χ2n) is 6.20. The van der Waals surface area contributed by atoms with Crippen molar-refractivity contribution in [2.45, 2.75) is 13.0 Å². The van der Waals surface area contributed by atoms with E-state index in [2.05, 4.69) is 10.3 Å². The van der Waals surface area contributed by atoms with Crippen molar-refractivity contribution in [3.05, 3.63) is 99.9 Å². The van der Waals surface area contributed by atoms with Gasteiger partial charge in [0.2, 0.25) is 6.10 Å². The van der Waals surface area contributed by atoms with Crippen LogP contribution in [0, 0.1) is 17.0 Å². The first-order valence-corrected chi connectivity index (χ1v) is 8.67. The van der Waals surface area contributed by atoms with E-state index < -0.39 is 22.9 Å². The molecule has 1 atom stereocenters. The van der Waals surface area contributed by atoms with Gasteiger partial charge < -0.3 is 10.1 Å². The molecule has 8 heteroatoms. The van der Waals surface area contributed by atoms with Crippen LogP contribution < -0.4 is 5.32 Å². The first-order valence-electron chi connectivity index (χ1n) is 8.67. The van der Waals surface area contributed by atoms with Crippen molar-refractivity contribution in [3.8, 4) is 0 Å². The molecule has 0 bridgehead atoms. The van der Waals surface area contributed by atoms with Crippen LogP contribution in [0.1, 0.15) is 27.6 Å². The number of ether oxygens (including phenoxy) is 1. The van der Waals surface area contributed by atoms with E-state index >= 15 is 0 Å². The fourth-order valence-electron chi connectivity index (χ4n) is 2.66. The number of nitrogens with zero attached hydrogens (tertiary/aromatic N) is 2. The van der Waals surface area contributed by atoms with Gasteiger partial charge in [0, 0.05) is 24.0 Å². The second kappa shape index (κ2) is 8.75. The van der Waals surface area contributed by atoms with Crippen LogP contribution in [-0.2, 0) is 9.53 Å². The van der Waals surface area contributed by atoms with Crippen molar-refractivity contribution in [2.75, 3.05) is 5.32 Å². The zero-order valence-corrected chi connectivity index (χ0v) is 15.4. The van der Waals surface area contributed by atoms with Gasteiger partial charge >= 0.3 is 5.97 Å². The summed E-state index contributed by atoms with van der Waals surface area (Å²) in [6.07, 6.45) is 1.53. The number of hydrogen-bond acceptors (Lipinski definition) is 6. The first kappa shape index (κ1) is 19.7. The maximum absolute atomic E-state index is 12.9. The first-order chi connectivity index (χ1) is 14.0. The third kappa shape index (κ3) is 4.81. The molecule has 0 aliphatic carbocycles. The van der Waals surface area contributed by atoms with Gasteiger partial charge in [0.25, 0.3) is 11.6 Å². The van der Waals surface area contributed by atoms with Gasteiger partial charge in [-0.3, -0.25) is 19.9 Å². The number of anilines is 1. The number of nitrogens with one attached hydrogen (secondary N) is 1. The number of benzene rings is 2. The third-order valence-corrected chi connectivity index (χ3v) is 4.07. The Bertz CT molecular complexity index is 1040. The van der Waals surface area contributed by atoms with E-state index in [-0.39, 0.29) is 16.9 Å². The number of aromatic nitrogens is 1. The number of esters is 1. The number of nitro benzene ring substituents is 1. The van der Waals surface area contributed by atoms with Crippen LogP contribution in [0.2, 0.25) is 0 Å². The summed E-state index contributed by atoms with van der Waals surface area (Å²) in [5, 5.41) is 13.8. The molecular formula is C21H17N3O5. The number of carbonyl (C=O) groups excluding carboxylic acids is 2. The minimum absolute atomic E-state index is 0.0176. The lowest BCUT2D eigenvalue weighted by atomic mass is 10.1. The molecule has 3 rings (SSSR count). The van der Waals surface area contributed by atoms with Crippen LogP contribution in [0.5, 0.6) is 0 Å². The summed E-state index contributed by atoms with van der Waals surface area (Å²) < 4.78 is 5.42. The summed E-state index contributed by atoms with van der Waals surface area (Å²) in [5.41, 5.74) is 1.06. The summed E-state index contributed by atoms with van der Waals surface area (Å²) in [6.45, 7) is 1.71. The molecule has 0 saturated heterocycles. The number of pyridine rings is 1. The van der Waals surface area contributed by atoms with E-state index in [4.69, 9.17) is 4.74 Å². The molecule has 8 nitrogen and oxygen atoms in total. The lowest BCUT2D eigenvalue weighted by molar-refractivity contribution is -0.384. The normalized spacial score (nSPS) is 11.3. The molecule has 0 saturated carbocycles. The maximum Gasteiger partial charge on any atom is 0.340 e. The van der Waals surface area contributed by atoms with Crippen LogP contribution in [0.25, 0.3) is 0 Å². The lowest BCUT2D eigenvalue weighted by Crippen LogP contribution is -2.26. The van der Waals surface area contributed by atoms with E-state index in [0.717, 1.165) is 0 Å². The molecule has 29 heavy (non-hydrogen) atoms. The highest BCUT2D eigenvalue weighted by molar-refractivity contribution is 5.99. The van der Waals surface area contributed by atoms with Gasteiger partial charge in [0.05, 0.1) is 10.5 Å². The van der Waals surface area contributed by atoms with Crippen molar-refractivity contribution in [3.63, 3.8) is 0 Å². The largest absolute Gasteiger partial charge is 0.444 e. The Kier molecular flexibility index (Phi) is 5.94. The topological polar surface area (TPSA) is 111 Å². The summed E-state index contributed by atoms with van der Waals surface area (Å²) >= 11 is 0. The van der Waals surface area contributed by atoms with Crippen LogP contribution in [-0.4, -0.2) is 21.8 Å². The second-order valence-corrected chi connectivity index (χ2v) is 6.20. The fraction of sp³-hybridized carbons (Fsp3) is 0.0952. The van der Waals surface area contributed by atoms with Gasteiger partial charge in [-0.15, -0.1) is 0 Å². The number of aryl methyl sites for hydroxylation is 1. The van der Waals surface area contributed by atoms with Crippen molar-refractivity contribution >= 4 is 23.3 Å². The molecule has 2 aromatic carbocycles. The summed E-state index contributed by atoms with van der Waals surface area (Å²) in [5.74, 6) is -1.44. The predicted octanol–water partition coefficient (Wildman–Crippen LogP) is 3.84. The molecular weight excluding hydrogens is 374 g/mol. The third-order valence-electron chi connectivity index (χ3n) is 4.07. The quantitative estimate of drug-likeness (QED) is 0.388. The minimum Gasteiger partial charge on any atom is -0.444 e. The van der Waals surface area contributed by atoms with E-state index in [1.54, 1.807) is 49.4 Å². The Hall–Kier alpha value is -4.07. The molecule has 0 spiro atoms. The number of rotatable bonds is 6. The molecule has 1 unspecified atom stereocenters. The molecule has 0 radical (unpaired) electrons. The van der Waals surface area contributed by atoms with E-state index in [1.807, 2.05) is 0 Å². The van der Waals surface area contributed by atoms with Crippen molar-refractivity contribution in [2.24, 2.45) is 0 Å². The molecule has 1 aromatic heterocycles. The summed E-state index contributed by atoms with van der Waals surface area (Å²) in [6, 6.07) is 15.9. The zero-order valence-electron chi connectivity index (χ0n) is 15.4. The van der Waals surface area contributed by atoms with Gasteiger partial charge in [-0.25, -0.2) is 4.79 Å². The molecule has 0 aliphatic heterocycles. The van der Waals surface area contributed by atoms with Crippen LogP contribution >= 0.6 is 0 Å². The lowest BCUT2D eigenvalue weighted by Gasteiger charge is -2.18. The molecule has 1 heterocycles. The van der Waals surface area contributed by atoms with Crippen LogP contribution in [0.3, 0.4) is 0 Å². The highest BCUT2D eigenvalue weighted by Crippen LogP contribution is 2.28. The Morgan fingerprint density at radius 2 is 1.86 bits per heavy atom. The van der Waals surface area contributed by atoms with Crippen molar-refractivity contribution in [1.29, 1.82) is 0 Å². The van der Waals surface area contributed by atoms with Gasteiger partial charge in [0.1, 0.15) is 5.69 Å². The maximum atomic E-state index is 12.9. The summed E-state index contributed by atoms with van der Waals surface area (Å²) in [4.78, 5) is 40.0. The van der Waals surface area contributed by atoms with Gasteiger partial charge in [-0.05, 0) is 30.7 Å². The fourth-order valence-corrected chi connectivity index (χ4v) is 2.66. The van der Waals surface area contributed by atoms with E-state index in [1.165, 1.54) is 30.6 Å². The minimum atomic E-state index is -1.30. The average molecular weight is 391 g/mol. The number of nitro groups is 1. The van der Waals surface area contributed by atoms with Gasteiger partial charge in [-0.2, -0.15) is 0 Å². The zero-order chi connectivity index (χ0) is 20.8. The van der Waals surface area contributed by atoms with Crippen LogP contribution in [0.4, 0.5) is 11.4 Å². The Morgan fingerprint density at radius 1 is 1.10 bits per heavy atom. The highest BCUT2D eigenvalue weighted by atomic mass is 16.6. The van der Waals surface area contributed by atoms with E-state index in [9.17, 15) is 19.7 Å². The molecule has 146 valence electrons. The predicted molar refractivity (Wildman–Crippen MR) is 105 cm³/mol. The molecule has 1 N–H and O–H groups in total. The smallest absolute Gasteiger partial charge is 0.340 e. The van der Waals surface area contributed by atoms with E-state index in [0.29, 0.717) is 11.1 Å². The standard InChI is InChI=1S/C21H17N3O5/c1-14-9-10-17(18(12-14)24(27)28)23-20(25)19(15-6-3-2-4-7-15)29-21(26)16-8-5-11-22-13-16/h2-13,19H,1H3,(H,23,25). The molecule has 0 fully saturated rings. The van der Waals surface area contributed by atoms with Crippen LogP contribution in [0.15, 0.2) is 73.1 Å². The van der Waals surface area contributed by atoms with Gasteiger partial charge in [0.15, 0.2) is 0 Å². The number of amides is 1. The average Bonchev–Trinajstić information content (AvgIpc) is 2.74.